The normalized spacial score (nSPS) is 12.4. The topological polar surface area (TPSA) is 26.0 Å². The van der Waals surface area contributed by atoms with Gasteiger partial charge in [-0.15, -0.1) is 0 Å². The maximum Gasteiger partial charge on any atom is 0.0497 e. The van der Waals surface area contributed by atoms with E-state index < -0.39 is 0 Å². The van der Waals surface area contributed by atoms with Gasteiger partial charge in [-0.25, -0.2) is 0 Å². The molecule has 14 heavy (non-hydrogen) atoms. The molecule has 2 heteroatoms. The summed E-state index contributed by atoms with van der Waals surface area (Å²) in [6, 6.07) is 6.12. The lowest BCUT2D eigenvalue weighted by atomic mass is 10.0. The monoisotopic (exact) mass is 253 g/mol. The molecule has 2 N–H and O–H groups in total. The van der Waals surface area contributed by atoms with Gasteiger partial charge in [0.05, 0.1) is 0 Å². The van der Waals surface area contributed by atoms with Crippen molar-refractivity contribution in [3.63, 3.8) is 0 Å². The second-order valence-electron chi connectivity index (χ2n) is 3.74. The molecule has 1 nitrogen and oxygen atoms in total. The first-order valence-corrected chi connectivity index (χ1v) is 5.47. The summed E-state index contributed by atoms with van der Waals surface area (Å²) in [5, 5.41) is 0. The number of rotatable bonds is 2. The van der Waals surface area contributed by atoms with Gasteiger partial charge in [0.15, 0.2) is 0 Å². The molecular weight excluding hydrogens is 238 g/mol. The van der Waals surface area contributed by atoms with Gasteiger partial charge in [-0.3, -0.25) is 0 Å². The van der Waals surface area contributed by atoms with Crippen molar-refractivity contribution in [1.29, 1.82) is 0 Å². The maximum atomic E-state index is 6.09. The molecule has 1 aromatic carbocycles. The average molecular weight is 254 g/mol. The molecule has 0 fully saturated rings. The third kappa shape index (κ3) is 2.69. The van der Waals surface area contributed by atoms with Gasteiger partial charge in [0.25, 0.3) is 0 Å². The van der Waals surface area contributed by atoms with Crippen LogP contribution in [-0.4, -0.2) is 0 Å². The molecular formula is C12H16BrN. The Hall–Kier alpha value is -0.600. The van der Waals surface area contributed by atoms with E-state index in [0.717, 1.165) is 4.47 Å². The Bertz CT molecular complexity index is 331. The number of halogens is 1. The summed E-state index contributed by atoms with van der Waals surface area (Å²) in [5.74, 6) is 0. The fourth-order valence-electron chi connectivity index (χ4n) is 1.51. The van der Waals surface area contributed by atoms with Crippen molar-refractivity contribution >= 4 is 15.9 Å². The minimum Gasteiger partial charge on any atom is -0.321 e. The Labute approximate surface area is 94.1 Å². The zero-order valence-corrected chi connectivity index (χ0v) is 10.4. The van der Waals surface area contributed by atoms with Crippen LogP contribution in [-0.2, 0) is 0 Å². The zero-order chi connectivity index (χ0) is 10.7. The number of hydrogen-bond acceptors (Lipinski definition) is 1. The highest BCUT2D eigenvalue weighted by molar-refractivity contribution is 9.10. The van der Waals surface area contributed by atoms with Crippen molar-refractivity contribution in [1.82, 2.24) is 0 Å². The van der Waals surface area contributed by atoms with E-state index in [4.69, 9.17) is 5.73 Å². The fourth-order valence-corrected chi connectivity index (χ4v) is 2.24. The third-order valence-corrected chi connectivity index (χ3v) is 2.81. The summed E-state index contributed by atoms with van der Waals surface area (Å²) >= 11 is 3.53. The molecule has 0 aliphatic heterocycles. The molecule has 0 saturated carbocycles. The quantitative estimate of drug-likeness (QED) is 0.799. The van der Waals surface area contributed by atoms with E-state index in [1.165, 1.54) is 16.7 Å². The molecule has 0 spiro atoms. The van der Waals surface area contributed by atoms with Gasteiger partial charge < -0.3 is 5.73 Å². The Morgan fingerprint density at radius 3 is 2.57 bits per heavy atom. The first kappa shape index (κ1) is 11.5. The summed E-state index contributed by atoms with van der Waals surface area (Å²) < 4.78 is 1.09. The third-order valence-electron chi connectivity index (χ3n) is 2.12. The van der Waals surface area contributed by atoms with Crippen molar-refractivity contribution in [2.45, 2.75) is 26.8 Å². The van der Waals surface area contributed by atoms with Crippen molar-refractivity contribution in [2.24, 2.45) is 5.73 Å². The first-order valence-electron chi connectivity index (χ1n) is 4.68. The van der Waals surface area contributed by atoms with Gasteiger partial charge in [0, 0.05) is 10.5 Å². The highest BCUT2D eigenvalue weighted by atomic mass is 79.9. The van der Waals surface area contributed by atoms with E-state index in [0.29, 0.717) is 0 Å². The lowest BCUT2D eigenvalue weighted by molar-refractivity contribution is 0.882. The Morgan fingerprint density at radius 1 is 1.43 bits per heavy atom. The molecule has 76 valence electrons. The molecule has 1 aromatic rings. The molecule has 0 radical (unpaired) electrons. The molecule has 0 heterocycles. The van der Waals surface area contributed by atoms with Crippen molar-refractivity contribution in [3.05, 3.63) is 45.4 Å². The Morgan fingerprint density at radius 2 is 2.07 bits per heavy atom. The molecule has 0 bridgehead atoms. The van der Waals surface area contributed by atoms with Crippen LogP contribution >= 0.6 is 15.9 Å². The van der Waals surface area contributed by atoms with Crippen LogP contribution in [0.15, 0.2) is 34.3 Å². The summed E-state index contributed by atoms with van der Waals surface area (Å²) in [7, 11) is 0. The predicted molar refractivity (Wildman–Crippen MR) is 65.2 cm³/mol. The predicted octanol–water partition coefficient (Wildman–Crippen LogP) is 3.72. The van der Waals surface area contributed by atoms with Gasteiger partial charge in [0.1, 0.15) is 0 Å². The van der Waals surface area contributed by atoms with Gasteiger partial charge in [-0.2, -0.15) is 0 Å². The number of benzene rings is 1. The average Bonchev–Trinajstić information content (AvgIpc) is 2.01. The molecule has 0 amide bonds. The molecule has 1 unspecified atom stereocenters. The van der Waals surface area contributed by atoms with E-state index in [1.54, 1.807) is 0 Å². The molecule has 0 saturated heterocycles. The second-order valence-corrected chi connectivity index (χ2v) is 4.59. The maximum absolute atomic E-state index is 6.09. The van der Waals surface area contributed by atoms with E-state index in [-0.39, 0.29) is 6.04 Å². The summed E-state index contributed by atoms with van der Waals surface area (Å²) in [6.45, 7) is 6.21. The van der Waals surface area contributed by atoms with E-state index in [9.17, 15) is 0 Å². The smallest absolute Gasteiger partial charge is 0.0497 e. The van der Waals surface area contributed by atoms with E-state index in [2.05, 4.69) is 48.8 Å². The van der Waals surface area contributed by atoms with Crippen LogP contribution in [0.25, 0.3) is 0 Å². The van der Waals surface area contributed by atoms with Crippen LogP contribution in [0, 0.1) is 6.92 Å². The molecule has 0 aromatic heterocycles. The summed E-state index contributed by atoms with van der Waals surface area (Å²) in [5.41, 5.74) is 9.74. The van der Waals surface area contributed by atoms with Crippen LogP contribution < -0.4 is 5.73 Å². The van der Waals surface area contributed by atoms with Crippen LogP contribution in [0.2, 0.25) is 0 Å². The first-order chi connectivity index (χ1) is 6.52. The zero-order valence-electron chi connectivity index (χ0n) is 8.84. The summed E-state index contributed by atoms with van der Waals surface area (Å²) in [4.78, 5) is 0. The van der Waals surface area contributed by atoms with Crippen LogP contribution in [0.3, 0.4) is 0 Å². The van der Waals surface area contributed by atoms with E-state index in [1.807, 2.05) is 12.1 Å². The number of hydrogen-bond donors (Lipinski definition) is 1. The molecule has 1 atom stereocenters. The largest absolute Gasteiger partial charge is 0.321 e. The van der Waals surface area contributed by atoms with Crippen molar-refractivity contribution in [2.75, 3.05) is 0 Å². The molecule has 0 aliphatic rings. The Balaban J connectivity index is 3.12. The highest BCUT2D eigenvalue weighted by Gasteiger charge is 2.09. The van der Waals surface area contributed by atoms with Gasteiger partial charge >= 0.3 is 0 Å². The number of aryl methyl sites for hydroxylation is 1. The molecule has 1 rings (SSSR count). The lowest BCUT2D eigenvalue weighted by Crippen LogP contribution is -2.10. The lowest BCUT2D eigenvalue weighted by Gasteiger charge is -2.13. The van der Waals surface area contributed by atoms with Gasteiger partial charge in [-0.05, 0) is 38.0 Å². The van der Waals surface area contributed by atoms with Crippen molar-refractivity contribution < 1.29 is 0 Å². The second kappa shape index (κ2) is 4.76. The SMILES string of the molecule is CC(C)=CC(N)c1c(C)cccc1Br. The summed E-state index contributed by atoms with van der Waals surface area (Å²) in [6.07, 6.45) is 2.08. The number of allylic oxidation sites excluding steroid dienone is 1. The minimum absolute atomic E-state index is 0.0180. The van der Waals surface area contributed by atoms with Crippen LogP contribution in [0.5, 0.6) is 0 Å². The molecule has 0 aliphatic carbocycles. The standard InChI is InChI=1S/C12H16BrN/c1-8(2)7-11(14)12-9(3)5-4-6-10(12)13/h4-7,11H,14H2,1-3H3. The van der Waals surface area contributed by atoms with Crippen LogP contribution in [0.4, 0.5) is 0 Å². The van der Waals surface area contributed by atoms with Crippen molar-refractivity contribution in [3.8, 4) is 0 Å². The van der Waals surface area contributed by atoms with E-state index >= 15 is 0 Å². The van der Waals surface area contributed by atoms with Gasteiger partial charge in [-0.1, -0.05) is 39.7 Å². The fraction of sp³-hybridized carbons (Fsp3) is 0.333. The van der Waals surface area contributed by atoms with Crippen LogP contribution in [0.1, 0.15) is 31.0 Å². The highest BCUT2D eigenvalue weighted by Crippen LogP contribution is 2.26. The number of nitrogens with two attached hydrogens (primary N) is 1. The Kier molecular flexibility index (Phi) is 3.90. The minimum atomic E-state index is -0.0180. The van der Waals surface area contributed by atoms with Gasteiger partial charge in [0.2, 0.25) is 0 Å².